The predicted octanol–water partition coefficient (Wildman–Crippen LogP) is 4.53. The molecule has 0 nitrogen and oxygen atoms in total. The molecule has 0 atom stereocenters. The molecular formula is C10H9F3S2. The van der Waals surface area contributed by atoms with Gasteiger partial charge in [0.1, 0.15) is 0 Å². The smallest absolute Gasteiger partial charge is 0.166 e. The van der Waals surface area contributed by atoms with Gasteiger partial charge in [-0.1, -0.05) is 43.0 Å². The molecule has 15 heavy (non-hydrogen) atoms. The van der Waals surface area contributed by atoms with E-state index in [9.17, 15) is 13.2 Å². The van der Waals surface area contributed by atoms with Crippen LogP contribution in [-0.4, -0.2) is 4.20 Å². The normalized spacial score (nSPS) is 11.5. The highest BCUT2D eigenvalue weighted by Crippen LogP contribution is 2.37. The molecule has 0 N–H and O–H groups in total. The number of hydrogen-bond acceptors (Lipinski definition) is 2. The van der Waals surface area contributed by atoms with Crippen molar-refractivity contribution in [3.05, 3.63) is 29.8 Å². The van der Waals surface area contributed by atoms with E-state index in [2.05, 4.69) is 0 Å². The molecule has 0 bridgehead atoms. The van der Waals surface area contributed by atoms with Crippen molar-refractivity contribution in [3.63, 3.8) is 0 Å². The maximum atomic E-state index is 12.5. The maximum Gasteiger partial charge on any atom is 0.417 e. The summed E-state index contributed by atoms with van der Waals surface area (Å²) in [6, 6.07) is 5.47. The number of hydrogen-bond donors (Lipinski definition) is 0. The van der Waals surface area contributed by atoms with E-state index in [4.69, 9.17) is 12.2 Å². The van der Waals surface area contributed by atoms with E-state index in [1.165, 1.54) is 12.1 Å². The second kappa shape index (κ2) is 4.99. The minimum absolute atomic E-state index is 0.178. The fourth-order valence-electron chi connectivity index (χ4n) is 0.985. The first kappa shape index (κ1) is 12.5. The Morgan fingerprint density at radius 2 is 1.93 bits per heavy atom. The van der Waals surface area contributed by atoms with Crippen molar-refractivity contribution in [1.82, 2.24) is 0 Å². The van der Waals surface area contributed by atoms with Gasteiger partial charge in [-0.3, -0.25) is 0 Å². The standard InChI is InChI=1S/C10H9F3S2/c1-2-9(14)15-8-6-4-3-5-7(8)10(11,12)13/h3-6H,2H2,1H3. The van der Waals surface area contributed by atoms with Gasteiger partial charge in [-0.05, 0) is 18.6 Å². The molecule has 0 unspecified atom stereocenters. The van der Waals surface area contributed by atoms with Gasteiger partial charge >= 0.3 is 6.18 Å². The number of rotatable bonds is 2. The molecule has 1 aromatic carbocycles. The Kier molecular flexibility index (Phi) is 4.16. The van der Waals surface area contributed by atoms with Crippen LogP contribution in [0.25, 0.3) is 0 Å². The molecule has 0 radical (unpaired) electrons. The maximum absolute atomic E-state index is 12.5. The molecule has 0 aromatic heterocycles. The van der Waals surface area contributed by atoms with Crippen molar-refractivity contribution in [1.29, 1.82) is 0 Å². The van der Waals surface area contributed by atoms with Crippen LogP contribution in [0.5, 0.6) is 0 Å². The summed E-state index contributed by atoms with van der Waals surface area (Å²) in [7, 11) is 0. The van der Waals surface area contributed by atoms with Crippen LogP contribution in [-0.2, 0) is 6.18 Å². The highest BCUT2D eigenvalue weighted by molar-refractivity contribution is 8.23. The van der Waals surface area contributed by atoms with Gasteiger partial charge in [0.15, 0.2) is 0 Å². The molecule has 0 saturated carbocycles. The molecule has 0 amide bonds. The number of benzene rings is 1. The lowest BCUT2D eigenvalue weighted by Crippen LogP contribution is -2.06. The van der Waals surface area contributed by atoms with E-state index in [-0.39, 0.29) is 4.90 Å². The molecule has 0 aliphatic rings. The van der Waals surface area contributed by atoms with Gasteiger partial charge in [0.25, 0.3) is 0 Å². The van der Waals surface area contributed by atoms with E-state index in [0.717, 1.165) is 17.8 Å². The zero-order valence-corrected chi connectivity index (χ0v) is 9.60. The number of thiocarbonyl (C=S) groups is 1. The Balaban J connectivity index is 3.02. The summed E-state index contributed by atoms with van der Waals surface area (Å²) in [6.07, 6.45) is -3.72. The van der Waals surface area contributed by atoms with E-state index < -0.39 is 11.7 Å². The van der Waals surface area contributed by atoms with Gasteiger partial charge in [-0.25, -0.2) is 0 Å². The highest BCUT2D eigenvalue weighted by atomic mass is 32.2. The molecule has 1 rings (SSSR count). The Morgan fingerprint density at radius 3 is 2.47 bits per heavy atom. The largest absolute Gasteiger partial charge is 0.417 e. The third-order valence-electron chi connectivity index (χ3n) is 1.70. The summed E-state index contributed by atoms with van der Waals surface area (Å²) in [4.78, 5) is 0.178. The lowest BCUT2D eigenvalue weighted by Gasteiger charge is -2.11. The Bertz CT molecular complexity index is 358. The molecule has 0 saturated heterocycles. The molecule has 0 aliphatic heterocycles. The molecular weight excluding hydrogens is 241 g/mol. The van der Waals surface area contributed by atoms with Crippen LogP contribution in [0, 0.1) is 0 Å². The van der Waals surface area contributed by atoms with Crippen molar-refractivity contribution in [2.75, 3.05) is 0 Å². The molecule has 0 aliphatic carbocycles. The van der Waals surface area contributed by atoms with Gasteiger partial charge < -0.3 is 0 Å². The van der Waals surface area contributed by atoms with E-state index in [1.54, 1.807) is 6.07 Å². The van der Waals surface area contributed by atoms with Crippen LogP contribution in [0.2, 0.25) is 0 Å². The summed E-state index contributed by atoms with van der Waals surface area (Å²) >= 11 is 5.92. The van der Waals surface area contributed by atoms with Crippen molar-refractivity contribution < 1.29 is 13.2 Å². The molecule has 0 heterocycles. The fraction of sp³-hybridized carbons (Fsp3) is 0.300. The predicted molar refractivity (Wildman–Crippen MR) is 60.2 cm³/mol. The molecule has 82 valence electrons. The Labute approximate surface area is 95.9 Å². The SMILES string of the molecule is CCC(=S)Sc1ccccc1C(F)(F)F. The van der Waals surface area contributed by atoms with Gasteiger partial charge in [-0.2, -0.15) is 13.2 Å². The molecule has 1 aromatic rings. The quantitative estimate of drug-likeness (QED) is 0.558. The monoisotopic (exact) mass is 250 g/mol. The summed E-state index contributed by atoms with van der Waals surface area (Å²) < 4.78 is 38.2. The van der Waals surface area contributed by atoms with Crippen LogP contribution >= 0.6 is 24.0 Å². The van der Waals surface area contributed by atoms with Gasteiger partial charge in [0, 0.05) is 4.90 Å². The summed E-state index contributed by atoms with van der Waals surface area (Å²) in [5.74, 6) is 0. The van der Waals surface area contributed by atoms with Gasteiger partial charge in [0.05, 0.1) is 9.76 Å². The second-order valence-corrected chi connectivity index (χ2v) is 4.71. The lowest BCUT2D eigenvalue weighted by atomic mass is 10.2. The second-order valence-electron chi connectivity index (χ2n) is 2.82. The van der Waals surface area contributed by atoms with Crippen LogP contribution in [0.1, 0.15) is 18.9 Å². The molecule has 5 heteroatoms. The molecule has 0 fully saturated rings. The van der Waals surface area contributed by atoms with Crippen LogP contribution in [0.4, 0.5) is 13.2 Å². The van der Waals surface area contributed by atoms with Crippen LogP contribution in [0.15, 0.2) is 29.2 Å². The van der Waals surface area contributed by atoms with Crippen LogP contribution < -0.4 is 0 Å². The first-order chi connectivity index (χ1) is 6.95. The third-order valence-corrected chi connectivity index (χ3v) is 3.34. The van der Waals surface area contributed by atoms with Crippen LogP contribution in [0.3, 0.4) is 0 Å². The van der Waals surface area contributed by atoms with Crippen molar-refractivity contribution in [2.45, 2.75) is 24.4 Å². The zero-order valence-electron chi connectivity index (χ0n) is 7.97. The van der Waals surface area contributed by atoms with E-state index in [0.29, 0.717) is 10.6 Å². The lowest BCUT2D eigenvalue weighted by molar-refractivity contribution is -0.139. The third kappa shape index (κ3) is 3.50. The average molecular weight is 250 g/mol. The van der Waals surface area contributed by atoms with Crippen molar-refractivity contribution in [3.8, 4) is 0 Å². The van der Waals surface area contributed by atoms with E-state index in [1.807, 2.05) is 6.92 Å². The number of halogens is 3. The van der Waals surface area contributed by atoms with Gasteiger partial charge in [-0.15, -0.1) is 0 Å². The topological polar surface area (TPSA) is 0 Å². The first-order valence-electron chi connectivity index (χ1n) is 4.32. The number of alkyl halides is 3. The Hall–Kier alpha value is -0.550. The Morgan fingerprint density at radius 1 is 1.33 bits per heavy atom. The minimum atomic E-state index is -4.31. The summed E-state index contributed by atoms with van der Waals surface area (Å²) in [5.41, 5.74) is -0.620. The summed E-state index contributed by atoms with van der Waals surface area (Å²) in [5, 5.41) is 0. The van der Waals surface area contributed by atoms with Crippen molar-refractivity contribution in [2.24, 2.45) is 0 Å². The first-order valence-corrected chi connectivity index (χ1v) is 5.54. The minimum Gasteiger partial charge on any atom is -0.166 e. The summed E-state index contributed by atoms with van der Waals surface area (Å²) in [6.45, 7) is 1.82. The van der Waals surface area contributed by atoms with E-state index >= 15 is 0 Å². The molecule has 0 spiro atoms. The average Bonchev–Trinajstić information content (AvgIpc) is 2.17. The van der Waals surface area contributed by atoms with Gasteiger partial charge in [0.2, 0.25) is 0 Å². The fourth-order valence-corrected chi connectivity index (χ4v) is 2.08. The zero-order chi connectivity index (χ0) is 11.5. The number of thioether (sulfide) groups is 1. The highest BCUT2D eigenvalue weighted by Gasteiger charge is 2.33. The van der Waals surface area contributed by atoms with Crippen molar-refractivity contribution >= 4 is 28.2 Å².